The van der Waals surface area contributed by atoms with Crippen LogP contribution in [0.25, 0.3) is 0 Å². The molecule has 1 aliphatic rings. The number of hydrogen-bond acceptors (Lipinski definition) is 0. The van der Waals surface area contributed by atoms with Gasteiger partial charge in [-0.1, -0.05) is 27.7 Å². The molecule has 8 bridgehead atoms. The Bertz CT molecular complexity index is 1220. The topological polar surface area (TPSA) is 63.2 Å². The van der Waals surface area contributed by atoms with Crippen molar-refractivity contribution in [1.82, 2.24) is 19.9 Å². The first-order chi connectivity index (χ1) is 16.7. The van der Waals surface area contributed by atoms with Crippen LogP contribution in [0.2, 0.25) is 0 Å². The molecule has 0 spiro atoms. The summed E-state index contributed by atoms with van der Waals surface area (Å²) in [5.41, 5.74) is 9.88. The summed E-state index contributed by atoms with van der Waals surface area (Å²) in [6.07, 6.45) is 4.08. The van der Waals surface area contributed by atoms with Crippen molar-refractivity contribution < 1.29 is 0 Å². The molecule has 4 aromatic heterocycles. The molecule has 4 nitrogen and oxygen atoms in total. The normalized spacial score (nSPS) is 28.4. The van der Waals surface area contributed by atoms with E-state index in [9.17, 15) is 0 Å². The van der Waals surface area contributed by atoms with Gasteiger partial charge in [-0.2, -0.15) is 0 Å². The van der Waals surface area contributed by atoms with Crippen molar-refractivity contribution in [2.45, 2.75) is 96.3 Å². The van der Waals surface area contributed by atoms with Gasteiger partial charge in [0.1, 0.15) is 0 Å². The molecule has 0 amide bonds. The lowest BCUT2D eigenvalue weighted by molar-refractivity contribution is 0.486. The third-order valence-electron chi connectivity index (χ3n) is 9.64. The Morgan fingerprint density at radius 3 is 1.06 bits per heavy atom. The van der Waals surface area contributed by atoms with Gasteiger partial charge < -0.3 is 19.9 Å². The summed E-state index contributed by atoms with van der Waals surface area (Å²) in [5, 5.41) is 0. The molecule has 5 rings (SSSR count). The van der Waals surface area contributed by atoms with E-state index in [2.05, 4.69) is 117 Å². The molecule has 0 saturated carbocycles. The third kappa shape index (κ3) is 3.40. The molecule has 4 atom stereocenters. The fraction of sp³-hybridized carbons (Fsp3) is 0.484. The second kappa shape index (κ2) is 8.36. The lowest BCUT2D eigenvalue weighted by Gasteiger charge is -2.30. The Morgan fingerprint density at radius 1 is 0.486 bits per heavy atom. The maximum Gasteiger partial charge on any atom is 0.0473 e. The van der Waals surface area contributed by atoms with Crippen molar-refractivity contribution in [3.8, 4) is 0 Å². The highest BCUT2D eigenvalue weighted by Gasteiger charge is 2.37. The summed E-state index contributed by atoms with van der Waals surface area (Å²) < 4.78 is 0. The third-order valence-corrected chi connectivity index (χ3v) is 9.64. The molecule has 0 fully saturated rings. The summed E-state index contributed by atoms with van der Waals surface area (Å²) >= 11 is 0. The van der Waals surface area contributed by atoms with Gasteiger partial charge in [0.2, 0.25) is 0 Å². The molecule has 2 unspecified atom stereocenters. The smallest absolute Gasteiger partial charge is 0.0473 e. The summed E-state index contributed by atoms with van der Waals surface area (Å²) in [5.74, 6) is 0.314. The standard InChI is InChI=1S/C31H42N4/c1-8-20-21-12-14-23(32-21)29(5,9-2)25-16-18-27(34-25)31(7,11-4)28-19-17-26(35-28)30(6,10-3)24-15-13-22(20)33-24/h12-20,32-35H,8-11H2,1-7H3/t20?,29-,30+,31?. The minimum atomic E-state index is -0.119. The monoisotopic (exact) mass is 470 g/mol. The van der Waals surface area contributed by atoms with Gasteiger partial charge in [0.15, 0.2) is 0 Å². The van der Waals surface area contributed by atoms with Crippen LogP contribution in [0.5, 0.6) is 0 Å². The van der Waals surface area contributed by atoms with Crippen molar-refractivity contribution in [2.75, 3.05) is 0 Å². The van der Waals surface area contributed by atoms with Gasteiger partial charge in [-0.05, 0) is 95.0 Å². The summed E-state index contributed by atoms with van der Waals surface area (Å²) in [4.78, 5) is 15.5. The van der Waals surface area contributed by atoms with Gasteiger partial charge in [-0.25, -0.2) is 0 Å². The largest absolute Gasteiger partial charge is 0.361 e. The number of aromatic amines is 4. The zero-order valence-electron chi connectivity index (χ0n) is 22.5. The molecule has 35 heavy (non-hydrogen) atoms. The van der Waals surface area contributed by atoms with Crippen LogP contribution in [0.1, 0.15) is 126 Å². The minimum absolute atomic E-state index is 0.108. The van der Waals surface area contributed by atoms with Crippen molar-refractivity contribution in [2.24, 2.45) is 0 Å². The first-order valence-electron chi connectivity index (χ1n) is 13.5. The Labute approximate surface area is 210 Å². The maximum absolute atomic E-state index is 3.89. The van der Waals surface area contributed by atoms with E-state index in [4.69, 9.17) is 0 Å². The summed E-state index contributed by atoms with van der Waals surface area (Å²) in [6.45, 7) is 16.2. The van der Waals surface area contributed by atoms with Gasteiger partial charge in [0.25, 0.3) is 0 Å². The molecule has 5 heterocycles. The van der Waals surface area contributed by atoms with Crippen molar-refractivity contribution in [3.05, 3.63) is 94.1 Å². The van der Waals surface area contributed by atoms with Gasteiger partial charge in [-0.3, -0.25) is 0 Å². The zero-order valence-corrected chi connectivity index (χ0v) is 22.5. The molecule has 0 aliphatic carbocycles. The predicted octanol–water partition coefficient (Wildman–Crippen LogP) is 8.00. The fourth-order valence-electron chi connectivity index (χ4n) is 6.14. The Hall–Kier alpha value is -2.88. The van der Waals surface area contributed by atoms with Crippen LogP contribution in [0.3, 0.4) is 0 Å². The van der Waals surface area contributed by atoms with E-state index in [-0.39, 0.29) is 16.2 Å². The first-order valence-corrected chi connectivity index (χ1v) is 13.5. The van der Waals surface area contributed by atoms with Crippen LogP contribution in [0, 0.1) is 0 Å². The molecule has 1 aliphatic heterocycles. The summed E-state index contributed by atoms with van der Waals surface area (Å²) in [7, 11) is 0. The molecule has 4 aromatic rings. The lowest BCUT2D eigenvalue weighted by Crippen LogP contribution is -2.28. The van der Waals surface area contributed by atoms with Gasteiger partial charge in [-0.15, -0.1) is 0 Å². The van der Waals surface area contributed by atoms with E-state index in [0.29, 0.717) is 5.92 Å². The molecule has 0 saturated heterocycles. The Kier molecular flexibility index (Phi) is 5.69. The quantitative estimate of drug-likeness (QED) is 0.233. The van der Waals surface area contributed by atoms with E-state index < -0.39 is 0 Å². The van der Waals surface area contributed by atoms with Crippen LogP contribution in [-0.4, -0.2) is 19.9 Å². The number of aromatic nitrogens is 4. The summed E-state index contributed by atoms with van der Waals surface area (Å²) in [6, 6.07) is 18.4. The van der Waals surface area contributed by atoms with Gasteiger partial charge in [0, 0.05) is 67.7 Å². The number of nitrogens with one attached hydrogen (secondary N) is 4. The van der Waals surface area contributed by atoms with Gasteiger partial charge in [0.05, 0.1) is 0 Å². The molecule has 186 valence electrons. The Balaban J connectivity index is 1.77. The van der Waals surface area contributed by atoms with E-state index in [0.717, 1.165) is 25.7 Å². The lowest BCUT2D eigenvalue weighted by atomic mass is 9.80. The van der Waals surface area contributed by atoms with E-state index >= 15 is 0 Å². The number of hydrogen-bond donors (Lipinski definition) is 4. The molecule has 4 heteroatoms. The van der Waals surface area contributed by atoms with E-state index in [1.54, 1.807) is 0 Å². The van der Waals surface area contributed by atoms with E-state index in [1.165, 1.54) is 45.6 Å². The minimum Gasteiger partial charge on any atom is -0.361 e. The number of rotatable bonds is 4. The molecule has 0 aromatic carbocycles. The van der Waals surface area contributed by atoms with E-state index in [1.807, 2.05) is 0 Å². The van der Waals surface area contributed by atoms with Crippen LogP contribution in [-0.2, 0) is 16.2 Å². The first kappa shape index (κ1) is 23.8. The average Bonchev–Trinajstić information content (AvgIpc) is 3.69. The number of H-pyrrole nitrogens is 4. The Morgan fingerprint density at radius 2 is 0.771 bits per heavy atom. The molecular weight excluding hydrogens is 428 g/mol. The van der Waals surface area contributed by atoms with Crippen molar-refractivity contribution in [1.29, 1.82) is 0 Å². The molecule has 0 radical (unpaired) electrons. The predicted molar refractivity (Wildman–Crippen MR) is 146 cm³/mol. The zero-order chi connectivity index (χ0) is 25.0. The molecule has 4 N–H and O–H groups in total. The van der Waals surface area contributed by atoms with Crippen molar-refractivity contribution in [3.63, 3.8) is 0 Å². The molecular formula is C31H42N4. The van der Waals surface area contributed by atoms with Crippen molar-refractivity contribution >= 4 is 0 Å². The highest BCUT2D eigenvalue weighted by Crippen LogP contribution is 2.42. The highest BCUT2D eigenvalue weighted by atomic mass is 14.9. The van der Waals surface area contributed by atoms with Crippen LogP contribution in [0.15, 0.2) is 48.5 Å². The second-order valence-electron chi connectivity index (χ2n) is 11.2. The van der Waals surface area contributed by atoms with Crippen LogP contribution >= 0.6 is 0 Å². The highest BCUT2D eigenvalue weighted by molar-refractivity contribution is 5.42. The van der Waals surface area contributed by atoms with Crippen LogP contribution in [0.4, 0.5) is 0 Å². The number of fused-ring (bicyclic) bond motifs is 8. The second-order valence-corrected chi connectivity index (χ2v) is 11.2. The van der Waals surface area contributed by atoms with Gasteiger partial charge >= 0.3 is 0 Å². The van der Waals surface area contributed by atoms with Crippen LogP contribution < -0.4 is 0 Å². The maximum atomic E-state index is 3.89. The average molecular weight is 471 g/mol. The fourth-order valence-corrected chi connectivity index (χ4v) is 6.14. The SMILES string of the molecule is CCC1c2ccc([nH]2)[C@](C)(CC)c2ccc([nH]2)C(C)(CC)c2ccc([nH]2)[C@](C)(CC)c2ccc1[nH]2.